The lowest BCUT2D eigenvalue weighted by molar-refractivity contribution is 0.0554. The van der Waals surface area contributed by atoms with Crippen molar-refractivity contribution in [2.75, 3.05) is 32.7 Å². The standard InChI is InChI=1S/C17H26N4O3/c1-17(9-22,10-23)8-21-13(6-7-24-2)20-14-15(21)11-4-3-5-12(11)19-16(14)18/h22-23H,3-10H2,1-2H3,(H2,18,19). The van der Waals surface area contributed by atoms with Crippen LogP contribution in [0.4, 0.5) is 5.82 Å². The van der Waals surface area contributed by atoms with Crippen molar-refractivity contribution < 1.29 is 14.9 Å². The molecule has 132 valence electrons. The summed E-state index contributed by atoms with van der Waals surface area (Å²) in [6, 6.07) is 0. The number of aryl methyl sites for hydroxylation is 2. The molecule has 1 aliphatic carbocycles. The molecular formula is C17H26N4O3. The van der Waals surface area contributed by atoms with E-state index in [2.05, 4.69) is 9.55 Å². The Kier molecular flexibility index (Phi) is 4.76. The topological polar surface area (TPSA) is 106 Å². The first-order valence-corrected chi connectivity index (χ1v) is 8.40. The van der Waals surface area contributed by atoms with Crippen molar-refractivity contribution in [2.24, 2.45) is 5.41 Å². The highest BCUT2D eigenvalue weighted by molar-refractivity contribution is 5.89. The third kappa shape index (κ3) is 2.87. The van der Waals surface area contributed by atoms with Crippen LogP contribution in [0, 0.1) is 5.41 Å². The second kappa shape index (κ2) is 6.66. The van der Waals surface area contributed by atoms with Gasteiger partial charge in [0, 0.05) is 31.2 Å². The average molecular weight is 334 g/mol. The number of aliphatic hydroxyl groups excluding tert-OH is 2. The Bertz CT molecular complexity index is 737. The molecule has 2 aromatic rings. The van der Waals surface area contributed by atoms with E-state index in [0.29, 0.717) is 25.4 Å². The maximum Gasteiger partial charge on any atom is 0.151 e. The van der Waals surface area contributed by atoms with E-state index < -0.39 is 5.41 Å². The van der Waals surface area contributed by atoms with Gasteiger partial charge in [-0.15, -0.1) is 0 Å². The van der Waals surface area contributed by atoms with Crippen molar-refractivity contribution in [3.8, 4) is 0 Å². The summed E-state index contributed by atoms with van der Waals surface area (Å²) in [5, 5.41) is 19.4. The molecule has 0 saturated heterocycles. The van der Waals surface area contributed by atoms with Crippen LogP contribution in [-0.2, 0) is 30.5 Å². The summed E-state index contributed by atoms with van der Waals surface area (Å²) in [6.07, 6.45) is 3.61. The normalized spacial score (nSPS) is 14.5. The third-order valence-corrected chi connectivity index (χ3v) is 4.85. The van der Waals surface area contributed by atoms with Crippen molar-refractivity contribution in [2.45, 2.75) is 39.2 Å². The summed E-state index contributed by atoms with van der Waals surface area (Å²) in [4.78, 5) is 9.24. The molecule has 0 fully saturated rings. The lowest BCUT2D eigenvalue weighted by Gasteiger charge is -2.27. The number of ether oxygens (including phenoxy) is 1. The number of imidazole rings is 1. The molecule has 2 aromatic heterocycles. The number of hydrogen-bond acceptors (Lipinski definition) is 6. The second-order valence-electron chi connectivity index (χ2n) is 6.96. The van der Waals surface area contributed by atoms with E-state index >= 15 is 0 Å². The molecule has 7 nitrogen and oxygen atoms in total. The van der Waals surface area contributed by atoms with Gasteiger partial charge in [0.2, 0.25) is 0 Å². The first-order chi connectivity index (χ1) is 11.5. The molecule has 1 aliphatic rings. The van der Waals surface area contributed by atoms with Crippen molar-refractivity contribution in [3.05, 3.63) is 17.1 Å². The number of aliphatic hydroxyl groups is 2. The fourth-order valence-electron chi connectivity index (χ4n) is 3.37. The zero-order chi connectivity index (χ0) is 17.3. The Morgan fingerprint density at radius 3 is 2.67 bits per heavy atom. The molecule has 7 heteroatoms. The van der Waals surface area contributed by atoms with Gasteiger partial charge in [0.05, 0.1) is 25.3 Å². The molecule has 3 rings (SSSR count). The number of fused-ring (bicyclic) bond motifs is 3. The quantitative estimate of drug-likeness (QED) is 0.687. The van der Waals surface area contributed by atoms with Gasteiger partial charge in [-0.3, -0.25) is 0 Å². The maximum atomic E-state index is 9.72. The van der Waals surface area contributed by atoms with E-state index in [1.807, 2.05) is 6.92 Å². The van der Waals surface area contributed by atoms with Crippen molar-refractivity contribution in [1.82, 2.24) is 14.5 Å². The Labute approximate surface area is 141 Å². The number of rotatable bonds is 7. The van der Waals surface area contributed by atoms with Crippen molar-refractivity contribution in [1.29, 1.82) is 0 Å². The number of anilines is 1. The van der Waals surface area contributed by atoms with Gasteiger partial charge in [0.15, 0.2) is 5.82 Å². The van der Waals surface area contributed by atoms with Gasteiger partial charge in [-0.1, -0.05) is 6.92 Å². The van der Waals surface area contributed by atoms with E-state index in [4.69, 9.17) is 15.5 Å². The first-order valence-electron chi connectivity index (χ1n) is 8.40. The molecule has 0 radical (unpaired) electrons. The van der Waals surface area contributed by atoms with Gasteiger partial charge in [-0.25, -0.2) is 9.97 Å². The Morgan fingerprint density at radius 1 is 1.25 bits per heavy atom. The molecule has 4 N–H and O–H groups in total. The zero-order valence-electron chi connectivity index (χ0n) is 14.4. The largest absolute Gasteiger partial charge is 0.396 e. The lowest BCUT2D eigenvalue weighted by atomic mass is 9.92. The second-order valence-corrected chi connectivity index (χ2v) is 6.96. The van der Waals surface area contributed by atoms with Crippen LogP contribution in [0.2, 0.25) is 0 Å². The number of nitrogens with two attached hydrogens (primary N) is 1. The van der Waals surface area contributed by atoms with Crippen LogP contribution in [0.25, 0.3) is 11.0 Å². The Hall–Kier alpha value is -1.70. The third-order valence-electron chi connectivity index (χ3n) is 4.85. The van der Waals surface area contributed by atoms with Gasteiger partial charge >= 0.3 is 0 Å². The molecule has 0 spiro atoms. The number of methoxy groups -OCH3 is 1. The summed E-state index contributed by atoms with van der Waals surface area (Å²) < 4.78 is 7.30. The smallest absolute Gasteiger partial charge is 0.151 e. The van der Waals surface area contributed by atoms with Gasteiger partial charge in [0.1, 0.15) is 11.3 Å². The van der Waals surface area contributed by atoms with Crippen molar-refractivity contribution in [3.63, 3.8) is 0 Å². The minimum atomic E-state index is -0.626. The molecule has 0 unspecified atom stereocenters. The number of nitrogen functional groups attached to an aromatic ring is 1. The van der Waals surface area contributed by atoms with Crippen LogP contribution < -0.4 is 5.73 Å². The maximum absolute atomic E-state index is 9.72. The van der Waals surface area contributed by atoms with Crippen molar-refractivity contribution >= 4 is 16.9 Å². The summed E-state index contributed by atoms with van der Waals surface area (Å²) in [5.41, 5.74) is 9.51. The van der Waals surface area contributed by atoms with Crippen LogP contribution in [0.15, 0.2) is 0 Å². The summed E-state index contributed by atoms with van der Waals surface area (Å²) in [5.74, 6) is 1.31. The van der Waals surface area contributed by atoms with E-state index in [9.17, 15) is 10.2 Å². The number of aromatic nitrogens is 3. The van der Waals surface area contributed by atoms with Crippen LogP contribution in [0.3, 0.4) is 0 Å². The van der Waals surface area contributed by atoms with E-state index in [0.717, 1.165) is 41.8 Å². The zero-order valence-corrected chi connectivity index (χ0v) is 14.4. The predicted octanol–water partition coefficient (Wildman–Crippen LogP) is 0.682. The summed E-state index contributed by atoms with van der Waals surface area (Å²) in [6.45, 7) is 2.69. The molecule has 0 bridgehead atoms. The molecule has 0 aliphatic heterocycles. The van der Waals surface area contributed by atoms with Gasteiger partial charge < -0.3 is 25.3 Å². The first kappa shape index (κ1) is 17.1. The van der Waals surface area contributed by atoms with E-state index in [1.165, 1.54) is 5.56 Å². The minimum absolute atomic E-state index is 0.102. The highest BCUT2D eigenvalue weighted by Gasteiger charge is 2.29. The van der Waals surface area contributed by atoms with Crippen LogP contribution >= 0.6 is 0 Å². The van der Waals surface area contributed by atoms with E-state index in [-0.39, 0.29) is 13.2 Å². The van der Waals surface area contributed by atoms with Gasteiger partial charge in [-0.2, -0.15) is 0 Å². The van der Waals surface area contributed by atoms with E-state index in [1.54, 1.807) is 7.11 Å². The molecule has 2 heterocycles. The average Bonchev–Trinajstić information content (AvgIpc) is 3.17. The molecule has 0 atom stereocenters. The molecule has 0 amide bonds. The predicted molar refractivity (Wildman–Crippen MR) is 91.8 cm³/mol. The van der Waals surface area contributed by atoms with Crippen LogP contribution in [0.5, 0.6) is 0 Å². The number of pyridine rings is 1. The van der Waals surface area contributed by atoms with Gasteiger partial charge in [-0.05, 0) is 24.8 Å². The molecular weight excluding hydrogens is 308 g/mol. The minimum Gasteiger partial charge on any atom is -0.396 e. The number of hydrogen-bond donors (Lipinski definition) is 3. The Morgan fingerprint density at radius 2 is 2.00 bits per heavy atom. The molecule has 0 aromatic carbocycles. The van der Waals surface area contributed by atoms with Gasteiger partial charge in [0.25, 0.3) is 0 Å². The Balaban J connectivity index is 2.19. The highest BCUT2D eigenvalue weighted by atomic mass is 16.5. The fourth-order valence-corrected chi connectivity index (χ4v) is 3.37. The number of nitrogens with zero attached hydrogens (tertiary/aromatic N) is 3. The monoisotopic (exact) mass is 334 g/mol. The fraction of sp³-hybridized carbons (Fsp3) is 0.647. The van der Waals surface area contributed by atoms with Crippen LogP contribution in [0.1, 0.15) is 30.4 Å². The SMILES string of the molecule is COCCc1nc2c(N)nc3c(c2n1CC(C)(CO)CO)CCC3. The lowest BCUT2D eigenvalue weighted by Crippen LogP contribution is -2.32. The molecule has 0 saturated carbocycles. The van der Waals surface area contributed by atoms with Crippen LogP contribution in [-0.4, -0.2) is 51.7 Å². The highest BCUT2D eigenvalue weighted by Crippen LogP contribution is 2.34. The summed E-state index contributed by atoms with van der Waals surface area (Å²) in [7, 11) is 1.66. The summed E-state index contributed by atoms with van der Waals surface area (Å²) >= 11 is 0. The molecule has 24 heavy (non-hydrogen) atoms.